The average Bonchev–Trinajstić information content (AvgIpc) is 2.98. The number of amides is 3. The molecule has 1 aliphatic heterocycles. The van der Waals surface area contributed by atoms with Crippen LogP contribution in [0.1, 0.15) is 31.8 Å². The van der Waals surface area contributed by atoms with E-state index in [1.807, 2.05) is 19.1 Å². The number of anilines is 2. The monoisotopic (exact) mass is 434 g/mol. The fourth-order valence-corrected chi connectivity index (χ4v) is 3.57. The van der Waals surface area contributed by atoms with Crippen molar-refractivity contribution in [3.63, 3.8) is 0 Å². The largest absolute Gasteiger partial charge is 0.484 e. The predicted octanol–water partition coefficient (Wildman–Crippen LogP) is 4.77. The highest BCUT2D eigenvalue weighted by Crippen LogP contribution is 2.33. The summed E-state index contributed by atoms with van der Waals surface area (Å²) >= 11 is 5.97. The lowest BCUT2D eigenvalue weighted by molar-refractivity contribution is -0.118. The zero-order valence-electron chi connectivity index (χ0n) is 16.9. The minimum atomic E-state index is -0.422. The van der Waals surface area contributed by atoms with Crippen LogP contribution >= 0.6 is 11.6 Å². The van der Waals surface area contributed by atoms with Crippen LogP contribution < -0.4 is 15.0 Å². The summed E-state index contributed by atoms with van der Waals surface area (Å²) in [7, 11) is 0. The molecule has 3 aromatic carbocycles. The highest BCUT2D eigenvalue weighted by atomic mass is 35.5. The van der Waals surface area contributed by atoms with Crippen molar-refractivity contribution in [1.29, 1.82) is 0 Å². The second-order valence-corrected chi connectivity index (χ2v) is 7.72. The quantitative estimate of drug-likeness (QED) is 0.586. The summed E-state index contributed by atoms with van der Waals surface area (Å²) in [6, 6.07) is 17.0. The molecule has 1 heterocycles. The SMILES string of the molecule is Cc1ccc(OCC(=O)Nc2ccc(N3C(=O)c4ccc(Cl)cc4C3=O)c(C)c2)cc1. The molecule has 1 N–H and O–H groups in total. The summed E-state index contributed by atoms with van der Waals surface area (Å²) in [5.74, 6) is -0.530. The van der Waals surface area contributed by atoms with Crippen LogP contribution in [0.5, 0.6) is 5.75 Å². The van der Waals surface area contributed by atoms with E-state index in [4.69, 9.17) is 16.3 Å². The van der Waals surface area contributed by atoms with Gasteiger partial charge in [0.15, 0.2) is 6.61 Å². The maximum atomic E-state index is 12.8. The fourth-order valence-electron chi connectivity index (χ4n) is 3.40. The van der Waals surface area contributed by atoms with Crippen LogP contribution in [0.15, 0.2) is 60.7 Å². The van der Waals surface area contributed by atoms with Crippen molar-refractivity contribution in [2.45, 2.75) is 13.8 Å². The van der Waals surface area contributed by atoms with Gasteiger partial charge in [0.1, 0.15) is 5.75 Å². The molecule has 7 heteroatoms. The molecule has 156 valence electrons. The van der Waals surface area contributed by atoms with Gasteiger partial charge in [0.25, 0.3) is 17.7 Å². The molecule has 31 heavy (non-hydrogen) atoms. The number of carbonyl (C=O) groups excluding carboxylic acids is 3. The van der Waals surface area contributed by atoms with Crippen molar-refractivity contribution >= 4 is 40.7 Å². The lowest BCUT2D eigenvalue weighted by Crippen LogP contribution is -2.30. The van der Waals surface area contributed by atoms with Gasteiger partial charge in [-0.15, -0.1) is 0 Å². The number of carbonyl (C=O) groups is 3. The lowest BCUT2D eigenvalue weighted by atomic mass is 10.1. The Kier molecular flexibility index (Phi) is 5.48. The number of hydrogen-bond donors (Lipinski definition) is 1. The van der Waals surface area contributed by atoms with Crippen LogP contribution in [0, 0.1) is 13.8 Å². The third kappa shape index (κ3) is 4.15. The van der Waals surface area contributed by atoms with Gasteiger partial charge in [-0.1, -0.05) is 29.3 Å². The van der Waals surface area contributed by atoms with E-state index in [2.05, 4.69) is 5.32 Å². The molecule has 0 saturated heterocycles. The topological polar surface area (TPSA) is 75.7 Å². The normalized spacial score (nSPS) is 12.7. The van der Waals surface area contributed by atoms with Gasteiger partial charge in [-0.2, -0.15) is 0 Å². The van der Waals surface area contributed by atoms with Crippen molar-refractivity contribution in [2.24, 2.45) is 0 Å². The number of ether oxygens (including phenoxy) is 1. The summed E-state index contributed by atoms with van der Waals surface area (Å²) in [6.45, 7) is 3.60. The zero-order valence-corrected chi connectivity index (χ0v) is 17.7. The van der Waals surface area contributed by atoms with E-state index in [1.54, 1.807) is 49.4 Å². The van der Waals surface area contributed by atoms with Gasteiger partial charge in [0.05, 0.1) is 16.8 Å². The van der Waals surface area contributed by atoms with Gasteiger partial charge in [-0.3, -0.25) is 14.4 Å². The summed E-state index contributed by atoms with van der Waals surface area (Å²) in [5.41, 5.74) is 3.36. The van der Waals surface area contributed by atoms with Crippen LogP contribution in [-0.4, -0.2) is 24.3 Å². The molecule has 0 aliphatic carbocycles. The van der Waals surface area contributed by atoms with Crippen LogP contribution in [0.25, 0.3) is 0 Å². The van der Waals surface area contributed by atoms with E-state index < -0.39 is 11.8 Å². The molecule has 0 radical (unpaired) electrons. The Morgan fingerprint density at radius 3 is 2.35 bits per heavy atom. The van der Waals surface area contributed by atoms with Gasteiger partial charge < -0.3 is 10.1 Å². The van der Waals surface area contributed by atoms with Crippen LogP contribution in [0.4, 0.5) is 11.4 Å². The van der Waals surface area contributed by atoms with Gasteiger partial charge in [0.2, 0.25) is 0 Å². The molecule has 0 spiro atoms. The number of fused-ring (bicyclic) bond motifs is 1. The third-order valence-corrected chi connectivity index (χ3v) is 5.20. The zero-order chi connectivity index (χ0) is 22.1. The molecule has 0 atom stereocenters. The van der Waals surface area contributed by atoms with E-state index in [9.17, 15) is 14.4 Å². The molecular formula is C24H19ClN2O4. The summed E-state index contributed by atoms with van der Waals surface area (Å²) in [6.07, 6.45) is 0. The fraction of sp³-hybridized carbons (Fsp3) is 0.125. The number of aryl methyl sites for hydroxylation is 2. The van der Waals surface area contributed by atoms with Crippen LogP contribution in [0.2, 0.25) is 5.02 Å². The Morgan fingerprint density at radius 1 is 0.935 bits per heavy atom. The summed E-state index contributed by atoms with van der Waals surface area (Å²) < 4.78 is 5.48. The first-order valence-electron chi connectivity index (χ1n) is 9.62. The van der Waals surface area contributed by atoms with E-state index in [0.717, 1.165) is 10.5 Å². The molecule has 0 bridgehead atoms. The highest BCUT2D eigenvalue weighted by Gasteiger charge is 2.37. The number of nitrogens with one attached hydrogen (secondary N) is 1. The first-order valence-corrected chi connectivity index (χ1v) is 9.99. The Balaban J connectivity index is 1.46. The van der Waals surface area contributed by atoms with Gasteiger partial charge >= 0.3 is 0 Å². The van der Waals surface area contributed by atoms with E-state index in [0.29, 0.717) is 33.3 Å². The third-order valence-electron chi connectivity index (χ3n) is 4.96. The molecule has 0 fully saturated rings. The van der Waals surface area contributed by atoms with Crippen molar-refractivity contribution in [3.8, 4) is 5.75 Å². The maximum Gasteiger partial charge on any atom is 0.266 e. The number of nitrogens with zero attached hydrogens (tertiary/aromatic N) is 1. The molecular weight excluding hydrogens is 416 g/mol. The number of imide groups is 1. The number of rotatable bonds is 5. The minimum absolute atomic E-state index is 0.136. The Morgan fingerprint density at radius 2 is 1.65 bits per heavy atom. The van der Waals surface area contributed by atoms with Crippen LogP contribution in [-0.2, 0) is 4.79 Å². The lowest BCUT2D eigenvalue weighted by Gasteiger charge is -2.17. The highest BCUT2D eigenvalue weighted by molar-refractivity contribution is 6.36. The van der Waals surface area contributed by atoms with Crippen molar-refractivity contribution in [1.82, 2.24) is 0 Å². The first kappa shape index (κ1) is 20.6. The van der Waals surface area contributed by atoms with Crippen molar-refractivity contribution in [3.05, 3.63) is 87.9 Å². The molecule has 0 saturated carbocycles. The smallest absolute Gasteiger partial charge is 0.266 e. The molecule has 0 aromatic heterocycles. The Labute approximate surface area is 184 Å². The molecule has 6 nitrogen and oxygen atoms in total. The first-order chi connectivity index (χ1) is 14.8. The number of hydrogen-bond acceptors (Lipinski definition) is 4. The maximum absolute atomic E-state index is 12.8. The second-order valence-electron chi connectivity index (χ2n) is 7.29. The number of benzene rings is 3. The molecule has 1 aliphatic rings. The van der Waals surface area contributed by atoms with Crippen molar-refractivity contribution in [2.75, 3.05) is 16.8 Å². The van der Waals surface area contributed by atoms with E-state index in [-0.39, 0.29) is 18.1 Å². The molecule has 0 unspecified atom stereocenters. The summed E-state index contributed by atoms with van der Waals surface area (Å²) in [4.78, 5) is 38.9. The van der Waals surface area contributed by atoms with Crippen molar-refractivity contribution < 1.29 is 19.1 Å². The van der Waals surface area contributed by atoms with Gasteiger partial charge in [0, 0.05) is 10.7 Å². The number of halogens is 1. The second kappa shape index (κ2) is 8.24. The standard InChI is InChI=1S/C24H19ClN2O4/c1-14-3-7-18(8-4-14)31-13-22(28)26-17-6-10-21(15(2)11-17)27-23(29)19-9-5-16(25)12-20(19)24(27)30/h3-12H,13H2,1-2H3,(H,26,28). The predicted molar refractivity (Wildman–Crippen MR) is 119 cm³/mol. The van der Waals surface area contributed by atoms with Gasteiger partial charge in [-0.25, -0.2) is 4.90 Å². The summed E-state index contributed by atoms with van der Waals surface area (Å²) in [5, 5.41) is 3.15. The minimum Gasteiger partial charge on any atom is -0.484 e. The van der Waals surface area contributed by atoms with Gasteiger partial charge in [-0.05, 0) is 67.9 Å². The van der Waals surface area contributed by atoms with E-state index in [1.165, 1.54) is 6.07 Å². The Hall–Kier alpha value is -3.64. The Bertz CT molecular complexity index is 1200. The molecule has 3 aromatic rings. The van der Waals surface area contributed by atoms with E-state index >= 15 is 0 Å². The average molecular weight is 435 g/mol. The van der Waals surface area contributed by atoms with Crippen LogP contribution in [0.3, 0.4) is 0 Å². The molecule has 4 rings (SSSR count). The molecule has 3 amide bonds.